The third-order valence-corrected chi connectivity index (χ3v) is 2.91. The predicted octanol–water partition coefficient (Wildman–Crippen LogP) is 2.19. The van der Waals surface area contributed by atoms with Gasteiger partial charge in [-0.15, -0.1) is 0 Å². The first-order valence-electron chi connectivity index (χ1n) is 5.59. The van der Waals surface area contributed by atoms with Crippen molar-refractivity contribution in [3.63, 3.8) is 0 Å². The minimum atomic E-state index is -0.422. The third-order valence-electron chi connectivity index (χ3n) is 2.91. The molecule has 0 bridgehead atoms. The number of esters is 1. The van der Waals surface area contributed by atoms with Crippen LogP contribution < -0.4 is 0 Å². The van der Waals surface area contributed by atoms with Gasteiger partial charge in [-0.2, -0.15) is 5.26 Å². The van der Waals surface area contributed by atoms with Crippen LogP contribution in [0.25, 0.3) is 0 Å². The molecule has 0 unspecified atom stereocenters. The minimum absolute atomic E-state index is 0.293. The van der Waals surface area contributed by atoms with E-state index >= 15 is 0 Å². The van der Waals surface area contributed by atoms with Gasteiger partial charge in [-0.25, -0.2) is 4.79 Å². The SMILES string of the molecule is CCOC(=O)C(C#N)=C(C1CC1)C1CC1. The average Bonchev–Trinajstić information content (AvgIpc) is 3.06. The maximum atomic E-state index is 11.6. The van der Waals surface area contributed by atoms with E-state index in [0.717, 1.165) is 31.3 Å². The summed E-state index contributed by atoms with van der Waals surface area (Å²) < 4.78 is 4.91. The van der Waals surface area contributed by atoms with Crippen molar-refractivity contribution in [3.05, 3.63) is 11.1 Å². The second-order valence-corrected chi connectivity index (χ2v) is 4.21. The number of hydrogen-bond acceptors (Lipinski definition) is 3. The molecular formula is C12H15NO2. The van der Waals surface area contributed by atoms with Gasteiger partial charge in [-0.3, -0.25) is 0 Å². The topological polar surface area (TPSA) is 50.1 Å². The van der Waals surface area contributed by atoms with Crippen LogP contribution in [0.5, 0.6) is 0 Å². The first-order valence-corrected chi connectivity index (χ1v) is 5.59. The highest BCUT2D eigenvalue weighted by Gasteiger charge is 2.40. The molecule has 3 heteroatoms. The molecule has 0 spiro atoms. The third kappa shape index (κ3) is 2.20. The molecule has 3 nitrogen and oxygen atoms in total. The number of nitriles is 1. The second kappa shape index (κ2) is 4.06. The van der Waals surface area contributed by atoms with E-state index in [1.807, 2.05) is 6.07 Å². The lowest BCUT2D eigenvalue weighted by atomic mass is 10.00. The molecule has 0 aromatic heterocycles. The standard InChI is InChI=1S/C12H15NO2/c1-2-15-12(14)10(7-13)11(8-3-4-8)9-5-6-9/h8-9H,2-6H2,1H3. The molecule has 0 radical (unpaired) electrons. The summed E-state index contributed by atoms with van der Waals surface area (Å²) in [6.07, 6.45) is 4.54. The molecule has 0 saturated heterocycles. The van der Waals surface area contributed by atoms with Crippen molar-refractivity contribution in [2.75, 3.05) is 6.61 Å². The van der Waals surface area contributed by atoms with Gasteiger partial charge in [0.1, 0.15) is 11.6 Å². The van der Waals surface area contributed by atoms with E-state index in [0.29, 0.717) is 24.0 Å². The highest BCUT2D eigenvalue weighted by molar-refractivity contribution is 5.94. The Morgan fingerprint density at radius 1 is 1.33 bits per heavy atom. The summed E-state index contributed by atoms with van der Waals surface area (Å²) in [5.74, 6) is 0.571. The van der Waals surface area contributed by atoms with Gasteiger partial charge in [-0.1, -0.05) is 0 Å². The van der Waals surface area contributed by atoms with Gasteiger partial charge in [0.2, 0.25) is 0 Å². The molecule has 2 aliphatic rings. The first kappa shape index (κ1) is 10.2. The summed E-state index contributed by atoms with van der Waals surface area (Å²) >= 11 is 0. The number of nitrogens with zero attached hydrogens (tertiary/aromatic N) is 1. The maximum Gasteiger partial charge on any atom is 0.348 e. The summed E-state index contributed by atoms with van der Waals surface area (Å²) in [5.41, 5.74) is 1.39. The highest BCUT2D eigenvalue weighted by Crippen LogP contribution is 2.50. The molecule has 15 heavy (non-hydrogen) atoms. The van der Waals surface area contributed by atoms with Gasteiger partial charge >= 0.3 is 5.97 Å². The monoisotopic (exact) mass is 205 g/mol. The zero-order valence-electron chi connectivity index (χ0n) is 8.95. The zero-order valence-corrected chi connectivity index (χ0v) is 8.95. The fourth-order valence-electron chi connectivity index (χ4n) is 1.96. The van der Waals surface area contributed by atoms with E-state index in [4.69, 9.17) is 10.00 Å². The summed E-state index contributed by atoms with van der Waals surface area (Å²) in [5, 5.41) is 9.04. The molecular weight excluding hydrogens is 190 g/mol. The molecule has 2 fully saturated rings. The van der Waals surface area contributed by atoms with Crippen molar-refractivity contribution in [2.45, 2.75) is 32.6 Å². The van der Waals surface area contributed by atoms with Crippen molar-refractivity contribution in [2.24, 2.45) is 11.8 Å². The van der Waals surface area contributed by atoms with Crippen LogP contribution in [0.2, 0.25) is 0 Å². The largest absolute Gasteiger partial charge is 0.462 e. The Hall–Kier alpha value is -1.30. The predicted molar refractivity (Wildman–Crippen MR) is 54.7 cm³/mol. The molecule has 0 atom stereocenters. The van der Waals surface area contributed by atoms with Crippen LogP contribution in [0.15, 0.2) is 11.1 Å². The highest BCUT2D eigenvalue weighted by atomic mass is 16.5. The van der Waals surface area contributed by atoms with Crippen LogP contribution >= 0.6 is 0 Å². The summed E-state index contributed by atoms with van der Waals surface area (Å²) in [7, 11) is 0. The van der Waals surface area contributed by atoms with Crippen LogP contribution in [-0.4, -0.2) is 12.6 Å². The summed E-state index contributed by atoms with van der Waals surface area (Å²) in [6, 6.07) is 2.03. The fourth-order valence-corrected chi connectivity index (χ4v) is 1.96. The van der Waals surface area contributed by atoms with Gasteiger partial charge in [0, 0.05) is 0 Å². The van der Waals surface area contributed by atoms with E-state index in [1.165, 1.54) is 0 Å². The molecule has 80 valence electrons. The molecule has 0 aromatic carbocycles. The van der Waals surface area contributed by atoms with Gasteiger partial charge in [-0.05, 0) is 50.0 Å². The smallest absolute Gasteiger partial charge is 0.348 e. The fraction of sp³-hybridized carbons (Fsp3) is 0.667. The van der Waals surface area contributed by atoms with Crippen molar-refractivity contribution >= 4 is 5.97 Å². The molecule has 0 heterocycles. The summed E-state index contributed by atoms with van der Waals surface area (Å²) in [4.78, 5) is 11.6. The summed E-state index contributed by atoms with van der Waals surface area (Å²) in [6.45, 7) is 2.10. The van der Waals surface area contributed by atoms with Crippen LogP contribution in [0, 0.1) is 23.2 Å². The molecule has 0 aromatic rings. The number of allylic oxidation sites excluding steroid dienone is 1. The Balaban J connectivity index is 2.23. The lowest BCUT2D eigenvalue weighted by Gasteiger charge is -2.07. The van der Waals surface area contributed by atoms with E-state index < -0.39 is 5.97 Å². The maximum absolute atomic E-state index is 11.6. The van der Waals surface area contributed by atoms with Gasteiger partial charge in [0.25, 0.3) is 0 Å². The van der Waals surface area contributed by atoms with Crippen molar-refractivity contribution in [1.82, 2.24) is 0 Å². The molecule has 2 aliphatic carbocycles. The molecule has 0 N–H and O–H groups in total. The van der Waals surface area contributed by atoms with Crippen LogP contribution in [0.3, 0.4) is 0 Å². The van der Waals surface area contributed by atoms with Crippen molar-refractivity contribution in [1.29, 1.82) is 5.26 Å². The van der Waals surface area contributed by atoms with Crippen molar-refractivity contribution in [3.8, 4) is 6.07 Å². The van der Waals surface area contributed by atoms with Crippen LogP contribution in [-0.2, 0) is 9.53 Å². The minimum Gasteiger partial charge on any atom is -0.462 e. The van der Waals surface area contributed by atoms with Gasteiger partial charge in [0.05, 0.1) is 6.61 Å². The Bertz CT molecular complexity index is 329. The van der Waals surface area contributed by atoms with Gasteiger partial charge in [0.15, 0.2) is 0 Å². The van der Waals surface area contributed by atoms with E-state index in [-0.39, 0.29) is 0 Å². The number of rotatable bonds is 4. The molecule has 2 saturated carbocycles. The number of ether oxygens (including phenoxy) is 1. The number of carbonyl (C=O) groups is 1. The Morgan fingerprint density at radius 3 is 2.20 bits per heavy atom. The average molecular weight is 205 g/mol. The van der Waals surface area contributed by atoms with Gasteiger partial charge < -0.3 is 4.74 Å². The molecule has 0 aliphatic heterocycles. The van der Waals surface area contributed by atoms with E-state index in [2.05, 4.69) is 0 Å². The quantitative estimate of drug-likeness (QED) is 0.401. The first-order chi connectivity index (χ1) is 7.27. The lowest BCUT2D eigenvalue weighted by Crippen LogP contribution is -2.10. The Morgan fingerprint density at radius 2 is 1.87 bits per heavy atom. The number of hydrogen-bond donors (Lipinski definition) is 0. The second-order valence-electron chi connectivity index (χ2n) is 4.21. The normalized spacial score (nSPS) is 19.2. The van der Waals surface area contributed by atoms with Crippen LogP contribution in [0.1, 0.15) is 32.6 Å². The number of carbonyl (C=O) groups excluding carboxylic acids is 1. The lowest BCUT2D eigenvalue weighted by molar-refractivity contribution is -0.138. The van der Waals surface area contributed by atoms with Crippen LogP contribution in [0.4, 0.5) is 0 Å². The molecule has 2 rings (SSSR count). The van der Waals surface area contributed by atoms with E-state index in [1.54, 1.807) is 6.92 Å². The zero-order chi connectivity index (χ0) is 10.8. The van der Waals surface area contributed by atoms with Crippen molar-refractivity contribution < 1.29 is 9.53 Å². The van der Waals surface area contributed by atoms with E-state index in [9.17, 15) is 4.79 Å². The molecule has 0 amide bonds. The Kier molecular flexibility index (Phi) is 2.77. The Labute approximate surface area is 89.7 Å².